The Morgan fingerprint density at radius 1 is 0.857 bits per heavy atom. The Kier molecular flexibility index (Phi) is 4.38. The molecule has 0 atom stereocenters. The average molecular weight is 291 g/mol. The summed E-state index contributed by atoms with van der Waals surface area (Å²) in [5, 5.41) is 0. The van der Waals surface area contributed by atoms with E-state index in [4.69, 9.17) is 0 Å². The molecule has 0 unspecified atom stereocenters. The van der Waals surface area contributed by atoms with Crippen molar-refractivity contribution in [1.82, 2.24) is 0 Å². The molecule has 0 amide bonds. The van der Waals surface area contributed by atoms with Crippen LogP contribution in [0.4, 0.5) is 0 Å². The first-order chi connectivity index (χ1) is 3.13. The summed E-state index contributed by atoms with van der Waals surface area (Å²) in [7, 11) is 0. The minimum atomic E-state index is -0.259. The molecular formula is C6H14Tl. The van der Waals surface area contributed by atoms with E-state index in [-0.39, 0.29) is 24.2 Å². The molecule has 0 aliphatic heterocycles. The van der Waals surface area contributed by atoms with Crippen LogP contribution in [0.5, 0.6) is 0 Å². The topological polar surface area (TPSA) is 0 Å². The van der Waals surface area contributed by atoms with Gasteiger partial charge < -0.3 is 0 Å². The number of hydrogen-bond donors (Lipinski definition) is 0. The van der Waals surface area contributed by atoms with E-state index in [0.29, 0.717) is 0 Å². The van der Waals surface area contributed by atoms with Gasteiger partial charge in [0.05, 0.1) is 0 Å². The summed E-state index contributed by atoms with van der Waals surface area (Å²) in [6, 6.07) is 0. The summed E-state index contributed by atoms with van der Waals surface area (Å²) in [4.78, 5) is 0. The fourth-order valence-corrected chi connectivity index (χ4v) is 6.75. The van der Waals surface area contributed by atoms with Crippen LogP contribution >= 0.6 is 0 Å². The SMILES string of the molecule is C[CH](C)[Tl][CH](C)C. The third-order valence-electron chi connectivity index (χ3n) is 0.770. The van der Waals surface area contributed by atoms with Crippen LogP contribution in [0.15, 0.2) is 0 Å². The molecule has 0 radical (unpaired) electrons. The van der Waals surface area contributed by atoms with Gasteiger partial charge in [-0.2, -0.15) is 0 Å². The standard InChI is InChI=1S/2C3H7.Tl/c2*1-3-2;/h2*3H,1-2H3;. The van der Waals surface area contributed by atoms with E-state index < -0.39 is 0 Å². The Morgan fingerprint density at radius 3 is 1.14 bits per heavy atom. The van der Waals surface area contributed by atoms with Gasteiger partial charge in [-0.3, -0.25) is 0 Å². The van der Waals surface area contributed by atoms with Crippen molar-refractivity contribution < 1.29 is 0 Å². The summed E-state index contributed by atoms with van der Waals surface area (Å²) >= 11 is -0.259. The molecule has 0 saturated heterocycles. The summed E-state index contributed by atoms with van der Waals surface area (Å²) in [6.07, 6.45) is 0. The van der Waals surface area contributed by atoms with Gasteiger partial charge in [-0.1, -0.05) is 0 Å². The van der Waals surface area contributed by atoms with Crippen molar-refractivity contribution in [2.24, 2.45) is 0 Å². The van der Waals surface area contributed by atoms with Crippen molar-refractivity contribution in [3.8, 4) is 0 Å². The molecule has 0 aromatic carbocycles. The van der Waals surface area contributed by atoms with Crippen LogP contribution in [0, 0.1) is 0 Å². The number of hydrogen-bond acceptors (Lipinski definition) is 0. The molecule has 0 fully saturated rings. The van der Waals surface area contributed by atoms with Crippen LogP contribution < -0.4 is 0 Å². The maximum absolute atomic E-state index is 2.36. The second kappa shape index (κ2) is 3.87. The predicted molar refractivity (Wildman–Crippen MR) is 35.9 cm³/mol. The van der Waals surface area contributed by atoms with Gasteiger partial charge in [-0.05, 0) is 0 Å². The van der Waals surface area contributed by atoms with Gasteiger partial charge >= 0.3 is 58.9 Å². The molecule has 1 heteroatoms. The summed E-state index contributed by atoms with van der Waals surface area (Å²) in [5.41, 5.74) is 0. The van der Waals surface area contributed by atoms with E-state index in [0.717, 1.165) is 6.95 Å². The van der Waals surface area contributed by atoms with Crippen molar-refractivity contribution in [1.29, 1.82) is 0 Å². The van der Waals surface area contributed by atoms with Crippen molar-refractivity contribution in [2.75, 3.05) is 0 Å². The first-order valence-electron chi connectivity index (χ1n) is 2.98. The zero-order valence-corrected chi connectivity index (χ0v) is 10.2. The van der Waals surface area contributed by atoms with Gasteiger partial charge in [-0.25, -0.2) is 0 Å². The third kappa shape index (κ3) is 6.92. The van der Waals surface area contributed by atoms with E-state index in [1.807, 2.05) is 0 Å². The molecule has 41 valence electrons. The molecule has 0 aromatic heterocycles. The van der Waals surface area contributed by atoms with Crippen LogP contribution in [0.2, 0.25) is 6.95 Å². The van der Waals surface area contributed by atoms with Gasteiger partial charge in [0.15, 0.2) is 0 Å². The molecule has 0 spiro atoms. The van der Waals surface area contributed by atoms with Crippen LogP contribution in [0.25, 0.3) is 0 Å². The van der Waals surface area contributed by atoms with Crippen LogP contribution in [0.3, 0.4) is 0 Å². The third-order valence-corrected chi connectivity index (χ3v) is 6.75. The predicted octanol–water partition coefficient (Wildman–Crippen LogP) is 2.35. The molecule has 0 heterocycles. The summed E-state index contributed by atoms with van der Waals surface area (Å²) in [6.45, 7) is 9.43. The van der Waals surface area contributed by atoms with Crippen LogP contribution in [-0.4, -0.2) is 24.2 Å². The zero-order chi connectivity index (χ0) is 5.86. The van der Waals surface area contributed by atoms with Crippen LogP contribution in [0.1, 0.15) is 27.7 Å². The summed E-state index contributed by atoms with van der Waals surface area (Å²) < 4.78 is 2.17. The van der Waals surface area contributed by atoms with Gasteiger partial charge in [-0.15, -0.1) is 0 Å². The molecule has 7 heavy (non-hydrogen) atoms. The average Bonchev–Trinajstić information content (AvgIpc) is 1.27. The molecular weight excluding hydrogens is 276 g/mol. The first-order valence-corrected chi connectivity index (χ1v) is 8.16. The van der Waals surface area contributed by atoms with E-state index in [1.54, 1.807) is 0 Å². The van der Waals surface area contributed by atoms with Crippen molar-refractivity contribution in [3.05, 3.63) is 0 Å². The monoisotopic (exact) mass is 291 g/mol. The van der Waals surface area contributed by atoms with Crippen molar-refractivity contribution in [2.45, 2.75) is 34.6 Å². The Hall–Kier alpha value is 0.922. The Morgan fingerprint density at radius 2 is 1.14 bits per heavy atom. The van der Waals surface area contributed by atoms with Gasteiger partial charge in [0, 0.05) is 0 Å². The molecule has 0 nitrogen and oxygen atoms in total. The second-order valence-electron chi connectivity index (χ2n) is 2.68. The Balaban J connectivity index is 2.95. The Labute approximate surface area is 58.9 Å². The molecule has 0 aromatic rings. The fourth-order valence-electron chi connectivity index (χ4n) is 0.770. The summed E-state index contributed by atoms with van der Waals surface area (Å²) in [5.74, 6) is 0. The number of rotatable bonds is 2. The molecule has 0 aliphatic rings. The minimum absolute atomic E-state index is 0.259. The molecule has 0 N–H and O–H groups in total. The molecule has 0 saturated carbocycles. The van der Waals surface area contributed by atoms with Gasteiger partial charge in [0.1, 0.15) is 0 Å². The molecule has 0 aliphatic carbocycles. The fraction of sp³-hybridized carbons (Fsp3) is 1.00. The van der Waals surface area contributed by atoms with Crippen LogP contribution in [-0.2, 0) is 0 Å². The van der Waals surface area contributed by atoms with E-state index in [9.17, 15) is 0 Å². The van der Waals surface area contributed by atoms with E-state index in [2.05, 4.69) is 27.7 Å². The van der Waals surface area contributed by atoms with Crippen molar-refractivity contribution in [3.63, 3.8) is 0 Å². The second-order valence-corrected chi connectivity index (χ2v) is 14.5. The quantitative estimate of drug-likeness (QED) is 0.685. The van der Waals surface area contributed by atoms with Crippen molar-refractivity contribution >= 4 is 24.2 Å². The van der Waals surface area contributed by atoms with Gasteiger partial charge in [0.2, 0.25) is 0 Å². The Bertz CT molecular complexity index is 33.4. The zero-order valence-electron chi connectivity index (χ0n) is 5.73. The van der Waals surface area contributed by atoms with E-state index >= 15 is 0 Å². The van der Waals surface area contributed by atoms with Gasteiger partial charge in [0.25, 0.3) is 0 Å². The first kappa shape index (κ1) is 7.92. The molecule has 0 rings (SSSR count). The van der Waals surface area contributed by atoms with E-state index in [1.165, 1.54) is 0 Å². The molecule has 0 bridgehead atoms. The normalized spacial score (nSPS) is 10.0. The maximum atomic E-state index is 2.36.